The zero-order valence-corrected chi connectivity index (χ0v) is 17.1. The van der Waals surface area contributed by atoms with Gasteiger partial charge in [-0.1, -0.05) is 42.0 Å². The van der Waals surface area contributed by atoms with Crippen LogP contribution in [0.3, 0.4) is 0 Å². The normalized spacial score (nSPS) is 17.2. The van der Waals surface area contributed by atoms with Gasteiger partial charge >= 0.3 is 0 Å². The first-order valence-corrected chi connectivity index (χ1v) is 10.5. The van der Waals surface area contributed by atoms with Gasteiger partial charge in [0.05, 0.1) is 6.54 Å². The summed E-state index contributed by atoms with van der Waals surface area (Å²) in [5.74, 6) is 0.280. The van der Waals surface area contributed by atoms with Gasteiger partial charge in [-0.3, -0.25) is 9.69 Å². The Labute approximate surface area is 168 Å². The molecule has 0 radical (unpaired) electrons. The van der Waals surface area contributed by atoms with Crippen molar-refractivity contribution in [3.05, 3.63) is 65.2 Å². The van der Waals surface area contributed by atoms with Gasteiger partial charge in [-0.2, -0.15) is 0 Å². The van der Waals surface area contributed by atoms with Crippen LogP contribution in [0.15, 0.2) is 48.5 Å². The molecule has 148 valence electrons. The number of aryl methyl sites for hydroxylation is 2. The van der Waals surface area contributed by atoms with Gasteiger partial charge < -0.3 is 9.80 Å². The molecule has 0 aromatic heterocycles. The molecule has 2 fully saturated rings. The molecule has 0 N–H and O–H groups in total. The minimum Gasteiger partial charge on any atom is -0.368 e. The molecule has 0 bridgehead atoms. The van der Waals surface area contributed by atoms with E-state index in [9.17, 15) is 4.79 Å². The van der Waals surface area contributed by atoms with Crippen molar-refractivity contribution in [2.75, 3.05) is 37.6 Å². The molecule has 2 aliphatic rings. The Bertz CT molecular complexity index is 805. The number of anilines is 1. The summed E-state index contributed by atoms with van der Waals surface area (Å²) in [6, 6.07) is 17.9. The fraction of sp³-hybridized carbons (Fsp3) is 0.458. The van der Waals surface area contributed by atoms with Gasteiger partial charge in [-0.25, -0.2) is 0 Å². The number of hydrogen-bond donors (Lipinski definition) is 0. The maximum Gasteiger partial charge on any atom is 0.236 e. The molecule has 0 unspecified atom stereocenters. The zero-order valence-electron chi connectivity index (χ0n) is 17.1. The molecule has 4 heteroatoms. The van der Waals surface area contributed by atoms with E-state index in [1.54, 1.807) is 0 Å². The van der Waals surface area contributed by atoms with Crippen LogP contribution in [0.2, 0.25) is 0 Å². The Morgan fingerprint density at radius 2 is 1.68 bits per heavy atom. The fourth-order valence-corrected chi connectivity index (χ4v) is 3.99. The van der Waals surface area contributed by atoms with Crippen LogP contribution in [0, 0.1) is 13.8 Å². The van der Waals surface area contributed by atoms with E-state index in [-0.39, 0.29) is 5.91 Å². The third-order valence-corrected chi connectivity index (χ3v) is 5.91. The molecule has 4 nitrogen and oxygen atoms in total. The van der Waals surface area contributed by atoms with Gasteiger partial charge in [-0.05, 0) is 49.9 Å². The lowest BCUT2D eigenvalue weighted by Crippen LogP contribution is -2.51. The number of hydrogen-bond acceptors (Lipinski definition) is 3. The number of piperazine rings is 1. The minimum absolute atomic E-state index is 0.280. The predicted octanol–water partition coefficient (Wildman–Crippen LogP) is 3.62. The molecular weight excluding hydrogens is 346 g/mol. The van der Waals surface area contributed by atoms with Gasteiger partial charge in [0.15, 0.2) is 0 Å². The highest BCUT2D eigenvalue weighted by molar-refractivity contribution is 5.78. The van der Waals surface area contributed by atoms with Crippen molar-refractivity contribution in [2.24, 2.45) is 0 Å². The second-order valence-corrected chi connectivity index (χ2v) is 8.33. The molecule has 1 saturated heterocycles. The molecule has 1 amide bonds. The van der Waals surface area contributed by atoms with Crippen LogP contribution in [-0.2, 0) is 11.3 Å². The van der Waals surface area contributed by atoms with Crippen LogP contribution in [0.4, 0.5) is 5.69 Å². The third kappa shape index (κ3) is 4.74. The molecule has 2 aromatic carbocycles. The SMILES string of the molecule is Cc1ccc(CN(CC(=O)N2CCN(c3cccc(C)c3)CC2)C2CC2)cc1. The standard InChI is InChI=1S/C24H31N3O/c1-19-6-8-21(9-7-19)17-27(22-10-11-22)18-24(28)26-14-12-25(13-15-26)23-5-3-4-20(2)16-23/h3-9,16,22H,10-15,17-18H2,1-2H3. The minimum atomic E-state index is 0.280. The van der Waals surface area contributed by atoms with Crippen LogP contribution in [0.5, 0.6) is 0 Å². The van der Waals surface area contributed by atoms with Crippen LogP contribution < -0.4 is 4.90 Å². The molecule has 1 aliphatic carbocycles. The Hall–Kier alpha value is -2.33. The first-order valence-electron chi connectivity index (χ1n) is 10.5. The van der Waals surface area contributed by atoms with E-state index in [2.05, 4.69) is 77.1 Å². The van der Waals surface area contributed by atoms with Gasteiger partial charge in [0.1, 0.15) is 0 Å². The number of nitrogens with zero attached hydrogens (tertiary/aromatic N) is 3. The number of benzene rings is 2. The van der Waals surface area contributed by atoms with Crippen molar-refractivity contribution in [1.82, 2.24) is 9.80 Å². The molecular formula is C24H31N3O. The second kappa shape index (κ2) is 8.36. The number of carbonyl (C=O) groups excluding carboxylic acids is 1. The quantitative estimate of drug-likeness (QED) is 0.769. The van der Waals surface area contributed by atoms with E-state index in [0.29, 0.717) is 12.6 Å². The van der Waals surface area contributed by atoms with Gasteiger partial charge in [0.2, 0.25) is 5.91 Å². The summed E-state index contributed by atoms with van der Waals surface area (Å²) in [4.78, 5) is 19.8. The summed E-state index contributed by atoms with van der Waals surface area (Å²) in [6.07, 6.45) is 2.44. The monoisotopic (exact) mass is 377 g/mol. The molecule has 0 atom stereocenters. The van der Waals surface area contributed by atoms with Crippen LogP contribution in [0.25, 0.3) is 0 Å². The average Bonchev–Trinajstić information content (AvgIpc) is 3.54. The van der Waals surface area contributed by atoms with Gasteiger partial charge in [-0.15, -0.1) is 0 Å². The highest BCUT2D eigenvalue weighted by atomic mass is 16.2. The van der Waals surface area contributed by atoms with E-state index in [0.717, 1.165) is 32.7 Å². The maximum atomic E-state index is 12.9. The number of carbonyl (C=O) groups is 1. The summed E-state index contributed by atoms with van der Waals surface area (Å²) >= 11 is 0. The van der Waals surface area contributed by atoms with Crippen molar-refractivity contribution < 1.29 is 4.79 Å². The molecule has 1 heterocycles. The average molecular weight is 378 g/mol. The molecule has 2 aromatic rings. The predicted molar refractivity (Wildman–Crippen MR) is 115 cm³/mol. The van der Waals surface area contributed by atoms with E-state index >= 15 is 0 Å². The highest BCUT2D eigenvalue weighted by Crippen LogP contribution is 2.28. The lowest BCUT2D eigenvalue weighted by molar-refractivity contribution is -0.133. The van der Waals surface area contributed by atoms with Crippen molar-refractivity contribution >= 4 is 11.6 Å². The van der Waals surface area contributed by atoms with Crippen LogP contribution >= 0.6 is 0 Å². The van der Waals surface area contributed by atoms with E-state index in [4.69, 9.17) is 0 Å². The summed E-state index contributed by atoms with van der Waals surface area (Å²) < 4.78 is 0. The van der Waals surface area contributed by atoms with Crippen LogP contribution in [0.1, 0.15) is 29.5 Å². The molecule has 28 heavy (non-hydrogen) atoms. The van der Waals surface area contributed by atoms with Gasteiger partial charge in [0, 0.05) is 44.5 Å². The highest BCUT2D eigenvalue weighted by Gasteiger charge is 2.32. The Morgan fingerprint density at radius 1 is 0.964 bits per heavy atom. The van der Waals surface area contributed by atoms with Crippen molar-refractivity contribution in [3.8, 4) is 0 Å². The van der Waals surface area contributed by atoms with Crippen LogP contribution in [-0.4, -0.2) is 54.5 Å². The van der Waals surface area contributed by atoms with E-state index in [1.807, 2.05) is 0 Å². The Kier molecular flexibility index (Phi) is 5.67. The van der Waals surface area contributed by atoms with Crippen molar-refractivity contribution in [2.45, 2.75) is 39.3 Å². The summed E-state index contributed by atoms with van der Waals surface area (Å²) in [6.45, 7) is 9.12. The molecule has 4 rings (SSSR count). The number of amides is 1. The second-order valence-electron chi connectivity index (χ2n) is 8.33. The van der Waals surface area contributed by atoms with E-state index < -0.39 is 0 Å². The maximum absolute atomic E-state index is 12.9. The van der Waals surface area contributed by atoms with Gasteiger partial charge in [0.25, 0.3) is 0 Å². The Balaban J connectivity index is 1.32. The van der Waals surface area contributed by atoms with Crippen molar-refractivity contribution in [3.63, 3.8) is 0 Å². The van der Waals surface area contributed by atoms with E-state index in [1.165, 1.54) is 35.2 Å². The lowest BCUT2D eigenvalue weighted by atomic mass is 10.1. The smallest absolute Gasteiger partial charge is 0.236 e. The first kappa shape index (κ1) is 19.0. The number of rotatable bonds is 6. The third-order valence-electron chi connectivity index (χ3n) is 5.91. The fourth-order valence-electron chi connectivity index (χ4n) is 3.99. The first-order chi connectivity index (χ1) is 13.6. The molecule has 1 saturated carbocycles. The summed E-state index contributed by atoms with van der Waals surface area (Å²) in [5.41, 5.74) is 5.14. The zero-order chi connectivity index (χ0) is 19.5. The largest absolute Gasteiger partial charge is 0.368 e. The topological polar surface area (TPSA) is 26.8 Å². The summed E-state index contributed by atoms with van der Waals surface area (Å²) in [5, 5.41) is 0. The lowest BCUT2D eigenvalue weighted by Gasteiger charge is -2.37. The molecule has 0 spiro atoms. The molecule has 1 aliphatic heterocycles. The van der Waals surface area contributed by atoms with Crippen molar-refractivity contribution in [1.29, 1.82) is 0 Å². The Morgan fingerprint density at radius 3 is 2.32 bits per heavy atom. The summed E-state index contributed by atoms with van der Waals surface area (Å²) in [7, 11) is 0.